The van der Waals surface area contributed by atoms with Crippen LogP contribution in [-0.4, -0.2) is 44.8 Å². The lowest BCUT2D eigenvalue weighted by Crippen LogP contribution is -2.40. The molecule has 0 amide bonds. The second kappa shape index (κ2) is 6.24. The van der Waals surface area contributed by atoms with Crippen LogP contribution in [0.2, 0.25) is 0 Å². The summed E-state index contributed by atoms with van der Waals surface area (Å²) in [6.07, 6.45) is 2.69. The number of benzene rings is 1. The van der Waals surface area contributed by atoms with E-state index in [2.05, 4.69) is 29.3 Å². The molecule has 0 aliphatic carbocycles. The summed E-state index contributed by atoms with van der Waals surface area (Å²) in [5, 5.41) is 3.67. The summed E-state index contributed by atoms with van der Waals surface area (Å²) >= 11 is 0. The van der Waals surface area contributed by atoms with E-state index in [4.69, 9.17) is 9.47 Å². The molecular formula is C17H26N2O2. The van der Waals surface area contributed by atoms with Gasteiger partial charge in [0.25, 0.3) is 0 Å². The zero-order valence-corrected chi connectivity index (χ0v) is 13.3. The molecule has 2 fully saturated rings. The van der Waals surface area contributed by atoms with Gasteiger partial charge < -0.3 is 14.8 Å². The number of methoxy groups -OCH3 is 2. The van der Waals surface area contributed by atoms with Crippen molar-refractivity contribution in [1.29, 1.82) is 0 Å². The molecule has 0 spiro atoms. The van der Waals surface area contributed by atoms with Gasteiger partial charge in [-0.3, -0.25) is 4.90 Å². The van der Waals surface area contributed by atoms with E-state index in [-0.39, 0.29) is 0 Å². The molecule has 2 heterocycles. The van der Waals surface area contributed by atoms with E-state index < -0.39 is 0 Å². The van der Waals surface area contributed by atoms with Crippen LogP contribution in [0.15, 0.2) is 18.2 Å². The summed E-state index contributed by atoms with van der Waals surface area (Å²) in [4.78, 5) is 2.59. The molecule has 0 aromatic heterocycles. The number of rotatable bonds is 4. The Morgan fingerprint density at radius 2 is 2.00 bits per heavy atom. The van der Waals surface area contributed by atoms with E-state index in [0.29, 0.717) is 12.1 Å². The second-order valence-electron chi connectivity index (χ2n) is 6.21. The smallest absolute Gasteiger partial charge is 0.161 e. The first-order chi connectivity index (χ1) is 10.2. The Morgan fingerprint density at radius 1 is 1.19 bits per heavy atom. The van der Waals surface area contributed by atoms with E-state index in [1.165, 1.54) is 31.5 Å². The van der Waals surface area contributed by atoms with E-state index in [9.17, 15) is 0 Å². The Labute approximate surface area is 127 Å². The average Bonchev–Trinajstić information content (AvgIpc) is 2.97. The van der Waals surface area contributed by atoms with Crippen molar-refractivity contribution < 1.29 is 9.47 Å². The van der Waals surface area contributed by atoms with E-state index in [1.807, 2.05) is 6.07 Å². The van der Waals surface area contributed by atoms with Crippen LogP contribution in [0.1, 0.15) is 31.4 Å². The van der Waals surface area contributed by atoms with Gasteiger partial charge in [-0.2, -0.15) is 0 Å². The molecule has 3 atom stereocenters. The second-order valence-corrected chi connectivity index (χ2v) is 6.21. The zero-order chi connectivity index (χ0) is 14.8. The van der Waals surface area contributed by atoms with Crippen molar-refractivity contribution in [1.82, 2.24) is 10.2 Å². The van der Waals surface area contributed by atoms with E-state index in [1.54, 1.807) is 14.2 Å². The molecule has 1 N–H and O–H groups in total. The third-order valence-corrected chi connectivity index (χ3v) is 5.07. The largest absolute Gasteiger partial charge is 0.493 e. The maximum atomic E-state index is 5.43. The molecule has 2 saturated heterocycles. The highest BCUT2D eigenvalue weighted by atomic mass is 16.5. The van der Waals surface area contributed by atoms with Crippen LogP contribution >= 0.6 is 0 Å². The van der Waals surface area contributed by atoms with Crippen LogP contribution in [0.4, 0.5) is 0 Å². The van der Waals surface area contributed by atoms with Gasteiger partial charge >= 0.3 is 0 Å². The monoisotopic (exact) mass is 290 g/mol. The Morgan fingerprint density at radius 3 is 2.71 bits per heavy atom. The molecule has 1 aromatic carbocycles. The molecule has 2 aliphatic heterocycles. The normalized spacial score (nSPS) is 27.2. The van der Waals surface area contributed by atoms with Crippen LogP contribution in [0.3, 0.4) is 0 Å². The Kier molecular flexibility index (Phi) is 4.36. The highest BCUT2D eigenvalue weighted by Gasteiger charge is 2.36. The average molecular weight is 290 g/mol. The molecule has 0 radical (unpaired) electrons. The molecular weight excluding hydrogens is 264 g/mol. The molecule has 0 bridgehead atoms. The number of likely N-dealkylation sites (tertiary alicyclic amines) is 1. The number of hydrogen-bond donors (Lipinski definition) is 1. The van der Waals surface area contributed by atoms with Crippen LogP contribution in [-0.2, 0) is 0 Å². The summed E-state index contributed by atoms with van der Waals surface area (Å²) in [5.74, 6) is 2.43. The molecule has 4 heteroatoms. The van der Waals surface area contributed by atoms with Gasteiger partial charge in [-0.1, -0.05) is 6.07 Å². The Balaban J connectivity index is 1.74. The molecule has 0 saturated carbocycles. The molecule has 3 rings (SSSR count). The third-order valence-electron chi connectivity index (χ3n) is 5.07. The molecule has 1 aromatic rings. The lowest BCUT2D eigenvalue weighted by Gasteiger charge is -2.25. The van der Waals surface area contributed by atoms with Crippen LogP contribution in [0.25, 0.3) is 0 Å². The summed E-state index contributed by atoms with van der Waals surface area (Å²) in [6.45, 7) is 5.83. The van der Waals surface area contributed by atoms with Crippen LogP contribution < -0.4 is 14.8 Å². The first kappa shape index (κ1) is 14.7. The Bertz CT molecular complexity index is 478. The first-order valence-corrected chi connectivity index (χ1v) is 7.92. The fraction of sp³-hybridized carbons (Fsp3) is 0.647. The number of ether oxygens (including phenoxy) is 2. The van der Waals surface area contributed by atoms with Gasteiger partial charge in [0, 0.05) is 25.2 Å². The third kappa shape index (κ3) is 2.87. The number of nitrogens with one attached hydrogen (secondary N) is 1. The number of hydrogen-bond acceptors (Lipinski definition) is 4. The highest BCUT2D eigenvalue weighted by Crippen LogP contribution is 2.35. The molecule has 4 nitrogen and oxygen atoms in total. The van der Waals surface area contributed by atoms with Gasteiger partial charge in [-0.05, 0) is 49.9 Å². The maximum Gasteiger partial charge on any atom is 0.161 e. The molecule has 116 valence electrons. The van der Waals surface area contributed by atoms with Crippen molar-refractivity contribution in [2.45, 2.75) is 31.8 Å². The maximum absolute atomic E-state index is 5.43. The Hall–Kier alpha value is -1.26. The van der Waals surface area contributed by atoms with E-state index >= 15 is 0 Å². The summed E-state index contributed by atoms with van der Waals surface area (Å²) < 4.78 is 10.8. The fourth-order valence-corrected chi connectivity index (χ4v) is 3.72. The lowest BCUT2D eigenvalue weighted by molar-refractivity contribution is 0.250. The first-order valence-electron chi connectivity index (χ1n) is 7.92. The predicted octanol–water partition coefficient (Wildman–Crippen LogP) is 2.45. The van der Waals surface area contributed by atoms with Crippen LogP contribution in [0, 0.1) is 5.92 Å². The van der Waals surface area contributed by atoms with Gasteiger partial charge in [0.2, 0.25) is 0 Å². The number of nitrogens with zero attached hydrogens (tertiary/aromatic N) is 1. The van der Waals surface area contributed by atoms with Crippen molar-refractivity contribution in [3.8, 4) is 11.5 Å². The minimum absolute atomic E-state index is 0.414. The van der Waals surface area contributed by atoms with Crippen LogP contribution in [0.5, 0.6) is 11.5 Å². The summed E-state index contributed by atoms with van der Waals surface area (Å²) in [5.41, 5.74) is 1.30. The molecule has 3 unspecified atom stereocenters. The molecule has 2 aliphatic rings. The van der Waals surface area contributed by atoms with Crippen molar-refractivity contribution >= 4 is 0 Å². The predicted molar refractivity (Wildman–Crippen MR) is 84.0 cm³/mol. The van der Waals surface area contributed by atoms with Gasteiger partial charge in [0.15, 0.2) is 11.5 Å². The van der Waals surface area contributed by atoms with Crippen molar-refractivity contribution in [2.75, 3.05) is 33.9 Å². The quantitative estimate of drug-likeness (QED) is 0.923. The minimum Gasteiger partial charge on any atom is -0.493 e. The van der Waals surface area contributed by atoms with Gasteiger partial charge in [0.1, 0.15) is 0 Å². The standard InChI is InChI=1S/C17H26N2O2/c1-12(13-6-7-16(20-2)17(9-13)21-3)19-10-14-5-4-8-18-15(14)11-19/h6-7,9,12,14-15,18H,4-5,8,10-11H2,1-3H3. The number of fused-ring (bicyclic) bond motifs is 1. The van der Waals surface area contributed by atoms with Crippen molar-refractivity contribution in [2.24, 2.45) is 5.92 Å². The minimum atomic E-state index is 0.414. The fourth-order valence-electron chi connectivity index (χ4n) is 3.72. The number of piperidine rings is 1. The lowest BCUT2D eigenvalue weighted by atomic mass is 9.94. The van der Waals surface area contributed by atoms with Gasteiger partial charge in [-0.25, -0.2) is 0 Å². The summed E-state index contributed by atoms with van der Waals surface area (Å²) in [7, 11) is 3.37. The van der Waals surface area contributed by atoms with Crippen molar-refractivity contribution in [3.63, 3.8) is 0 Å². The van der Waals surface area contributed by atoms with E-state index in [0.717, 1.165) is 24.0 Å². The topological polar surface area (TPSA) is 33.7 Å². The van der Waals surface area contributed by atoms with Crippen molar-refractivity contribution in [3.05, 3.63) is 23.8 Å². The highest BCUT2D eigenvalue weighted by molar-refractivity contribution is 5.43. The zero-order valence-electron chi connectivity index (χ0n) is 13.3. The summed E-state index contributed by atoms with van der Waals surface area (Å²) in [6, 6.07) is 7.37. The SMILES string of the molecule is COc1ccc(C(C)N2CC3CCCNC3C2)cc1OC. The molecule has 21 heavy (non-hydrogen) atoms. The van der Waals surface area contributed by atoms with Gasteiger partial charge in [0.05, 0.1) is 14.2 Å². The van der Waals surface area contributed by atoms with Gasteiger partial charge in [-0.15, -0.1) is 0 Å².